The summed E-state index contributed by atoms with van der Waals surface area (Å²) >= 11 is 0. The van der Waals surface area contributed by atoms with Gasteiger partial charge >= 0.3 is 6.03 Å². The summed E-state index contributed by atoms with van der Waals surface area (Å²) < 4.78 is 0. The summed E-state index contributed by atoms with van der Waals surface area (Å²) in [5, 5.41) is 11.6. The molecule has 0 spiro atoms. The van der Waals surface area contributed by atoms with E-state index in [1.807, 2.05) is 6.07 Å². The van der Waals surface area contributed by atoms with E-state index in [9.17, 15) is 14.4 Å². The molecule has 0 saturated carbocycles. The van der Waals surface area contributed by atoms with Gasteiger partial charge in [-0.25, -0.2) is 4.79 Å². The lowest BCUT2D eigenvalue weighted by atomic mass is 9.91. The molecule has 142 valence electrons. The minimum atomic E-state index is -1.24. The van der Waals surface area contributed by atoms with Crippen LogP contribution in [0.2, 0.25) is 0 Å². The van der Waals surface area contributed by atoms with E-state index in [4.69, 9.17) is 5.26 Å². The molecule has 4 amide bonds. The van der Waals surface area contributed by atoms with Crippen molar-refractivity contribution in [2.75, 3.05) is 19.6 Å². The topological polar surface area (TPSA) is 93.5 Å². The highest BCUT2D eigenvalue weighted by atomic mass is 16.2. The summed E-state index contributed by atoms with van der Waals surface area (Å²) in [6.45, 7) is 6.87. The lowest BCUT2D eigenvalue weighted by Crippen LogP contribution is -2.48. The number of nitrogens with one attached hydrogen (secondary N) is 1. The van der Waals surface area contributed by atoms with Gasteiger partial charge in [-0.2, -0.15) is 5.26 Å². The molecule has 7 heteroatoms. The molecule has 1 aromatic carbocycles. The van der Waals surface area contributed by atoms with Crippen molar-refractivity contribution >= 4 is 17.8 Å². The molecule has 2 aliphatic rings. The zero-order valence-electron chi connectivity index (χ0n) is 15.9. The molecular weight excluding hydrogens is 344 g/mol. The number of hydrogen-bond acceptors (Lipinski definition) is 4. The van der Waals surface area contributed by atoms with Crippen molar-refractivity contribution in [1.29, 1.82) is 5.26 Å². The summed E-state index contributed by atoms with van der Waals surface area (Å²) in [6.07, 6.45) is 1.07. The first-order valence-electron chi connectivity index (χ1n) is 9.17. The van der Waals surface area contributed by atoms with Gasteiger partial charge in [0.25, 0.3) is 5.91 Å². The van der Waals surface area contributed by atoms with Crippen LogP contribution in [0.25, 0.3) is 0 Å². The van der Waals surface area contributed by atoms with Crippen LogP contribution in [0, 0.1) is 23.2 Å². The number of benzene rings is 1. The molecule has 1 aromatic rings. The average Bonchev–Trinajstić information content (AvgIpc) is 2.85. The van der Waals surface area contributed by atoms with Gasteiger partial charge in [-0.1, -0.05) is 26.0 Å². The first-order chi connectivity index (χ1) is 12.7. The highest BCUT2D eigenvalue weighted by Crippen LogP contribution is 2.29. The van der Waals surface area contributed by atoms with Crippen LogP contribution >= 0.6 is 0 Å². The molecule has 3 atom stereocenters. The molecule has 27 heavy (non-hydrogen) atoms. The third-order valence-electron chi connectivity index (χ3n) is 5.38. The number of hydrogen-bond donors (Lipinski definition) is 1. The SMILES string of the molecule is C[C@@H]1C[C@H](C)CN(C(=O)CN2C(=O)N[C@](C)(c3ccc(C#N)cc3)C2=O)C1. The number of carbonyl (C=O) groups is 3. The molecule has 2 aliphatic heterocycles. The lowest BCUT2D eigenvalue weighted by molar-refractivity contribution is -0.140. The van der Waals surface area contributed by atoms with Gasteiger partial charge < -0.3 is 10.2 Å². The molecule has 2 fully saturated rings. The van der Waals surface area contributed by atoms with E-state index in [0.29, 0.717) is 36.1 Å². The number of piperidine rings is 1. The first kappa shape index (κ1) is 18.9. The predicted molar refractivity (Wildman–Crippen MR) is 98.3 cm³/mol. The third kappa shape index (κ3) is 3.52. The minimum Gasteiger partial charge on any atom is -0.341 e. The zero-order chi connectivity index (χ0) is 19.8. The van der Waals surface area contributed by atoms with Gasteiger partial charge in [-0.05, 0) is 42.9 Å². The van der Waals surface area contributed by atoms with Crippen LogP contribution in [0.3, 0.4) is 0 Å². The number of nitrogens with zero attached hydrogens (tertiary/aromatic N) is 3. The smallest absolute Gasteiger partial charge is 0.325 e. The van der Waals surface area contributed by atoms with Gasteiger partial charge in [0.2, 0.25) is 5.91 Å². The number of rotatable bonds is 3. The zero-order valence-corrected chi connectivity index (χ0v) is 15.9. The first-order valence-corrected chi connectivity index (χ1v) is 9.17. The van der Waals surface area contributed by atoms with E-state index in [-0.39, 0.29) is 12.5 Å². The normalized spacial score (nSPS) is 28.1. The second-order valence-corrected chi connectivity index (χ2v) is 7.88. The summed E-state index contributed by atoms with van der Waals surface area (Å²) in [4.78, 5) is 40.8. The lowest BCUT2D eigenvalue weighted by Gasteiger charge is -2.35. The van der Waals surface area contributed by atoms with Gasteiger partial charge in [0, 0.05) is 13.1 Å². The molecule has 0 aliphatic carbocycles. The summed E-state index contributed by atoms with van der Waals surface area (Å²) in [5.74, 6) is 0.152. The van der Waals surface area contributed by atoms with Crippen molar-refractivity contribution in [3.63, 3.8) is 0 Å². The van der Waals surface area contributed by atoms with Gasteiger partial charge in [-0.3, -0.25) is 14.5 Å². The van der Waals surface area contributed by atoms with E-state index in [1.54, 1.807) is 36.1 Å². The van der Waals surface area contributed by atoms with E-state index < -0.39 is 17.5 Å². The van der Waals surface area contributed by atoms with Crippen LogP contribution in [0.5, 0.6) is 0 Å². The number of nitriles is 1. The Morgan fingerprint density at radius 1 is 1.22 bits per heavy atom. The van der Waals surface area contributed by atoms with E-state index in [2.05, 4.69) is 19.2 Å². The van der Waals surface area contributed by atoms with Crippen molar-refractivity contribution in [2.24, 2.45) is 11.8 Å². The highest BCUT2D eigenvalue weighted by molar-refractivity contribution is 6.09. The molecule has 2 heterocycles. The highest BCUT2D eigenvalue weighted by Gasteiger charge is 2.49. The average molecular weight is 368 g/mol. The number of imide groups is 1. The molecule has 0 aromatic heterocycles. The van der Waals surface area contributed by atoms with E-state index in [0.717, 1.165) is 11.3 Å². The summed E-state index contributed by atoms with van der Waals surface area (Å²) in [5.41, 5.74) is -0.192. The van der Waals surface area contributed by atoms with Crippen LogP contribution in [0.15, 0.2) is 24.3 Å². The molecular formula is C20H24N4O3. The van der Waals surface area contributed by atoms with Crippen LogP contribution in [0.4, 0.5) is 4.79 Å². The Labute approximate surface area is 158 Å². The van der Waals surface area contributed by atoms with Gasteiger partial charge in [-0.15, -0.1) is 0 Å². The second-order valence-electron chi connectivity index (χ2n) is 7.88. The fourth-order valence-corrected chi connectivity index (χ4v) is 4.02. The fourth-order valence-electron chi connectivity index (χ4n) is 4.02. The maximum atomic E-state index is 12.9. The monoisotopic (exact) mass is 368 g/mol. The van der Waals surface area contributed by atoms with Gasteiger partial charge in [0.05, 0.1) is 11.6 Å². The van der Waals surface area contributed by atoms with Crippen molar-refractivity contribution in [1.82, 2.24) is 15.1 Å². The Bertz CT molecular complexity index is 804. The fraction of sp³-hybridized carbons (Fsp3) is 0.500. The third-order valence-corrected chi connectivity index (χ3v) is 5.38. The Morgan fingerprint density at radius 3 is 2.37 bits per heavy atom. The molecule has 7 nitrogen and oxygen atoms in total. The number of amides is 4. The Hall–Kier alpha value is -2.88. The molecule has 0 unspecified atom stereocenters. The molecule has 3 rings (SSSR count). The Kier molecular flexibility index (Phi) is 4.92. The Balaban J connectivity index is 1.75. The molecule has 1 N–H and O–H groups in total. The van der Waals surface area contributed by atoms with Gasteiger partial charge in [0.1, 0.15) is 12.1 Å². The van der Waals surface area contributed by atoms with Crippen LogP contribution < -0.4 is 5.32 Å². The van der Waals surface area contributed by atoms with E-state index in [1.165, 1.54) is 0 Å². The van der Waals surface area contributed by atoms with Crippen molar-refractivity contribution in [3.8, 4) is 6.07 Å². The summed E-state index contributed by atoms with van der Waals surface area (Å²) in [6, 6.07) is 7.95. The maximum Gasteiger partial charge on any atom is 0.325 e. The van der Waals surface area contributed by atoms with Crippen molar-refractivity contribution in [3.05, 3.63) is 35.4 Å². The quantitative estimate of drug-likeness (QED) is 0.824. The number of urea groups is 1. The van der Waals surface area contributed by atoms with Crippen LogP contribution in [-0.2, 0) is 15.1 Å². The van der Waals surface area contributed by atoms with E-state index >= 15 is 0 Å². The largest absolute Gasteiger partial charge is 0.341 e. The second kappa shape index (κ2) is 7.03. The molecule has 2 saturated heterocycles. The van der Waals surface area contributed by atoms with Crippen LogP contribution in [-0.4, -0.2) is 47.3 Å². The van der Waals surface area contributed by atoms with Crippen LogP contribution in [0.1, 0.15) is 38.3 Å². The molecule has 0 radical (unpaired) electrons. The number of likely N-dealkylation sites (tertiary alicyclic amines) is 1. The number of carbonyl (C=O) groups excluding carboxylic acids is 3. The minimum absolute atomic E-state index is 0.207. The molecule has 0 bridgehead atoms. The summed E-state index contributed by atoms with van der Waals surface area (Å²) in [7, 11) is 0. The van der Waals surface area contributed by atoms with Crippen molar-refractivity contribution < 1.29 is 14.4 Å². The Morgan fingerprint density at radius 2 is 1.81 bits per heavy atom. The predicted octanol–water partition coefficient (Wildman–Crippen LogP) is 1.83. The maximum absolute atomic E-state index is 12.9. The van der Waals surface area contributed by atoms with Crippen molar-refractivity contribution in [2.45, 2.75) is 32.7 Å². The standard InChI is InChI=1S/C20H24N4O3/c1-13-8-14(2)11-23(10-13)17(25)12-24-18(26)20(3,22-19(24)27)16-6-4-15(9-21)5-7-16/h4-7,13-14H,8,10-12H2,1-3H3,(H,22,27)/t13-,14+,20-/m1/s1. The van der Waals surface area contributed by atoms with Gasteiger partial charge in [0.15, 0.2) is 0 Å².